The van der Waals surface area contributed by atoms with Crippen LogP contribution in [0.15, 0.2) is 41.1 Å². The van der Waals surface area contributed by atoms with Gasteiger partial charge in [0.1, 0.15) is 11.5 Å². The number of alkyl halides is 3. The van der Waals surface area contributed by atoms with Crippen molar-refractivity contribution >= 4 is 17.7 Å². The largest absolute Gasteiger partial charge is 0.466 e. The van der Waals surface area contributed by atoms with E-state index < -0.39 is 41.5 Å². The number of amides is 3. The minimum absolute atomic E-state index is 0.193. The number of furan rings is 1. The summed E-state index contributed by atoms with van der Waals surface area (Å²) in [5.74, 6) is -1.29. The zero-order valence-electron chi connectivity index (χ0n) is 13.3. The number of aromatic nitrogens is 1. The monoisotopic (exact) mass is 367 g/mol. The molecule has 1 aliphatic heterocycles. The van der Waals surface area contributed by atoms with Crippen molar-refractivity contribution < 1.29 is 32.0 Å². The number of urea groups is 1. The first kappa shape index (κ1) is 17.6. The van der Waals surface area contributed by atoms with Crippen molar-refractivity contribution in [2.24, 2.45) is 0 Å². The number of hydrogen-bond donors (Lipinski definition) is 1. The van der Waals surface area contributed by atoms with Gasteiger partial charge in [-0.15, -0.1) is 0 Å². The molecule has 0 spiro atoms. The number of Topliss-reactive ketones (excluding diaryl/α,β-unsaturated/α-hetero) is 1. The molecule has 3 amide bonds. The lowest BCUT2D eigenvalue weighted by atomic mass is 9.99. The molecule has 0 aliphatic carbocycles. The van der Waals surface area contributed by atoms with Gasteiger partial charge in [0.25, 0.3) is 5.91 Å². The molecule has 1 saturated heterocycles. The Morgan fingerprint density at radius 3 is 2.58 bits per heavy atom. The average molecular weight is 367 g/mol. The lowest BCUT2D eigenvalue weighted by Gasteiger charge is -2.18. The highest BCUT2D eigenvalue weighted by Gasteiger charge is 2.51. The summed E-state index contributed by atoms with van der Waals surface area (Å²) in [6.07, 6.45) is -2.73. The zero-order chi connectivity index (χ0) is 19.1. The number of rotatable bonds is 4. The number of ketones is 1. The third-order valence-electron chi connectivity index (χ3n) is 3.97. The summed E-state index contributed by atoms with van der Waals surface area (Å²) < 4.78 is 42.7. The van der Waals surface area contributed by atoms with E-state index in [2.05, 4.69) is 10.3 Å². The van der Waals surface area contributed by atoms with Gasteiger partial charge in [-0.05, 0) is 31.2 Å². The Morgan fingerprint density at radius 2 is 2.04 bits per heavy atom. The molecule has 0 aromatic carbocycles. The molecule has 7 nitrogen and oxygen atoms in total. The van der Waals surface area contributed by atoms with Crippen molar-refractivity contribution in [2.75, 3.05) is 6.54 Å². The second kappa shape index (κ2) is 5.97. The van der Waals surface area contributed by atoms with Crippen LogP contribution in [0.25, 0.3) is 0 Å². The van der Waals surface area contributed by atoms with Crippen molar-refractivity contribution in [3.8, 4) is 0 Å². The Hall–Kier alpha value is -3.17. The van der Waals surface area contributed by atoms with Gasteiger partial charge in [-0.3, -0.25) is 19.5 Å². The quantitative estimate of drug-likeness (QED) is 0.661. The van der Waals surface area contributed by atoms with Crippen LogP contribution in [0.1, 0.15) is 28.7 Å². The molecule has 0 saturated carbocycles. The molecule has 1 N–H and O–H groups in total. The third-order valence-corrected chi connectivity index (χ3v) is 3.97. The van der Waals surface area contributed by atoms with Crippen LogP contribution in [-0.2, 0) is 16.5 Å². The first-order chi connectivity index (χ1) is 12.1. The predicted octanol–water partition coefficient (Wildman–Crippen LogP) is 2.34. The minimum Gasteiger partial charge on any atom is -0.466 e. The predicted molar refractivity (Wildman–Crippen MR) is 79.9 cm³/mol. The summed E-state index contributed by atoms with van der Waals surface area (Å²) in [5, 5.41) is 2.44. The van der Waals surface area contributed by atoms with Gasteiger partial charge in [0.2, 0.25) is 5.78 Å². The molecule has 1 unspecified atom stereocenters. The highest BCUT2D eigenvalue weighted by Crippen LogP contribution is 2.30. The Labute approximate surface area is 144 Å². The third kappa shape index (κ3) is 2.93. The van der Waals surface area contributed by atoms with Gasteiger partial charge in [0, 0.05) is 6.20 Å². The van der Waals surface area contributed by atoms with E-state index in [1.807, 2.05) is 0 Å². The molecule has 2 aromatic heterocycles. The van der Waals surface area contributed by atoms with Crippen LogP contribution in [0.4, 0.5) is 18.0 Å². The van der Waals surface area contributed by atoms with Crippen molar-refractivity contribution in [2.45, 2.75) is 18.6 Å². The van der Waals surface area contributed by atoms with E-state index in [-0.39, 0.29) is 11.5 Å². The summed E-state index contributed by atoms with van der Waals surface area (Å²) in [6.45, 7) is 0.770. The van der Waals surface area contributed by atoms with Crippen LogP contribution in [0.3, 0.4) is 0 Å². The second-order valence-electron chi connectivity index (χ2n) is 5.78. The van der Waals surface area contributed by atoms with Crippen LogP contribution in [-0.4, -0.2) is 34.2 Å². The van der Waals surface area contributed by atoms with Crippen molar-refractivity contribution in [1.29, 1.82) is 0 Å². The summed E-state index contributed by atoms with van der Waals surface area (Å²) in [5.41, 5.74) is -2.76. The number of hydrogen-bond acceptors (Lipinski definition) is 5. The van der Waals surface area contributed by atoms with Gasteiger partial charge < -0.3 is 9.73 Å². The van der Waals surface area contributed by atoms with Crippen molar-refractivity contribution in [3.63, 3.8) is 0 Å². The maximum Gasteiger partial charge on any atom is 0.417 e. The van der Waals surface area contributed by atoms with Crippen LogP contribution < -0.4 is 5.32 Å². The van der Waals surface area contributed by atoms with Gasteiger partial charge in [0.15, 0.2) is 5.54 Å². The van der Waals surface area contributed by atoms with E-state index >= 15 is 0 Å². The van der Waals surface area contributed by atoms with Crippen molar-refractivity contribution in [3.05, 3.63) is 53.7 Å². The van der Waals surface area contributed by atoms with Gasteiger partial charge in [-0.25, -0.2) is 4.79 Å². The van der Waals surface area contributed by atoms with E-state index in [0.29, 0.717) is 17.2 Å². The van der Waals surface area contributed by atoms with E-state index in [1.165, 1.54) is 19.3 Å². The van der Waals surface area contributed by atoms with Crippen LogP contribution >= 0.6 is 0 Å². The number of carbonyl (C=O) groups excluding carboxylic acids is 3. The Balaban J connectivity index is 1.77. The van der Waals surface area contributed by atoms with Crippen LogP contribution in [0, 0.1) is 0 Å². The summed E-state index contributed by atoms with van der Waals surface area (Å²) in [4.78, 5) is 41.0. The maximum absolute atomic E-state index is 12.5. The zero-order valence-corrected chi connectivity index (χ0v) is 13.3. The normalized spacial score (nSPS) is 20.4. The standard InChI is InChI=1S/C16H12F3N3O4/c1-15(12-3-2-6-26-12)13(24)22(14(25)21-15)8-11(23)10-5-4-9(7-20-10)16(17,18)19/h2-7H,8H2,1H3,(H,21,25). The molecule has 26 heavy (non-hydrogen) atoms. The molecule has 0 bridgehead atoms. The second-order valence-corrected chi connectivity index (χ2v) is 5.78. The van der Waals surface area contributed by atoms with E-state index in [4.69, 9.17) is 4.42 Å². The molecule has 0 radical (unpaired) electrons. The molecule has 136 valence electrons. The fourth-order valence-corrected chi connectivity index (χ4v) is 2.52. The molecule has 2 aromatic rings. The Bertz CT molecular complexity index is 862. The fourth-order valence-electron chi connectivity index (χ4n) is 2.52. The highest BCUT2D eigenvalue weighted by atomic mass is 19.4. The molecule has 3 rings (SSSR count). The summed E-state index contributed by atoms with van der Waals surface area (Å²) in [7, 11) is 0. The first-order valence-corrected chi connectivity index (χ1v) is 7.37. The number of carbonyl (C=O) groups is 3. The van der Waals surface area contributed by atoms with Crippen LogP contribution in [0.2, 0.25) is 0 Å². The lowest BCUT2D eigenvalue weighted by molar-refractivity contribution is -0.137. The number of pyridine rings is 1. The SMILES string of the molecule is CC1(c2ccco2)NC(=O)N(CC(=O)c2ccc(C(F)(F)F)cn2)C1=O. The number of halogens is 3. The van der Waals surface area contributed by atoms with Crippen molar-refractivity contribution in [1.82, 2.24) is 15.2 Å². The van der Waals surface area contributed by atoms with E-state index in [9.17, 15) is 27.6 Å². The van der Waals surface area contributed by atoms with E-state index in [1.54, 1.807) is 6.07 Å². The average Bonchev–Trinajstić information content (AvgIpc) is 3.19. The smallest absolute Gasteiger partial charge is 0.417 e. The number of imide groups is 1. The molecule has 1 fully saturated rings. The molecular formula is C16H12F3N3O4. The minimum atomic E-state index is -4.58. The number of nitrogens with one attached hydrogen (secondary N) is 1. The lowest BCUT2D eigenvalue weighted by Crippen LogP contribution is -2.41. The Morgan fingerprint density at radius 1 is 1.31 bits per heavy atom. The van der Waals surface area contributed by atoms with Gasteiger partial charge in [-0.1, -0.05) is 0 Å². The topological polar surface area (TPSA) is 92.5 Å². The molecule has 3 heterocycles. The van der Waals surface area contributed by atoms with Gasteiger partial charge in [0.05, 0.1) is 18.4 Å². The first-order valence-electron chi connectivity index (χ1n) is 7.37. The molecule has 1 aliphatic rings. The summed E-state index contributed by atoms with van der Waals surface area (Å²) >= 11 is 0. The summed E-state index contributed by atoms with van der Waals surface area (Å²) in [6, 6.07) is 3.84. The van der Waals surface area contributed by atoms with Crippen LogP contribution in [0.5, 0.6) is 0 Å². The Kier molecular flexibility index (Phi) is 4.05. The molecule has 1 atom stereocenters. The molecular weight excluding hydrogens is 355 g/mol. The van der Waals surface area contributed by atoms with Gasteiger partial charge in [-0.2, -0.15) is 13.2 Å². The fraction of sp³-hybridized carbons (Fsp3) is 0.250. The van der Waals surface area contributed by atoms with Gasteiger partial charge >= 0.3 is 12.2 Å². The molecule has 10 heteroatoms. The maximum atomic E-state index is 12.5. The van der Waals surface area contributed by atoms with E-state index in [0.717, 1.165) is 6.07 Å². The highest BCUT2D eigenvalue weighted by molar-refractivity contribution is 6.10. The number of nitrogens with zero attached hydrogens (tertiary/aromatic N) is 2.